The Morgan fingerprint density at radius 1 is 1.06 bits per heavy atom. The van der Waals surface area contributed by atoms with Crippen molar-refractivity contribution in [2.45, 2.75) is 70.6 Å². The van der Waals surface area contributed by atoms with Crippen LogP contribution >= 0.6 is 0 Å². The number of amides is 3. The van der Waals surface area contributed by atoms with Gasteiger partial charge in [-0.2, -0.15) is 0 Å². The van der Waals surface area contributed by atoms with Gasteiger partial charge in [0.2, 0.25) is 11.8 Å². The molecule has 2 unspecified atom stereocenters. The summed E-state index contributed by atoms with van der Waals surface area (Å²) in [5.74, 6) is -0.809. The van der Waals surface area contributed by atoms with Gasteiger partial charge >= 0.3 is 0 Å². The Morgan fingerprint density at radius 2 is 1.94 bits per heavy atom. The molecule has 7 nitrogen and oxygen atoms in total. The first-order chi connectivity index (χ1) is 16.0. The predicted octanol–water partition coefficient (Wildman–Crippen LogP) is 3.27. The normalized spacial score (nSPS) is 23.9. The quantitative estimate of drug-likeness (QED) is 0.729. The van der Waals surface area contributed by atoms with Gasteiger partial charge in [-0.3, -0.25) is 29.6 Å². The zero-order chi connectivity index (χ0) is 22.9. The maximum Gasteiger partial charge on any atom is 0.255 e. The van der Waals surface area contributed by atoms with Crippen LogP contribution in [0.5, 0.6) is 0 Å². The van der Waals surface area contributed by atoms with Crippen molar-refractivity contribution < 1.29 is 14.4 Å². The van der Waals surface area contributed by atoms with E-state index < -0.39 is 6.04 Å². The molecule has 0 bridgehead atoms. The summed E-state index contributed by atoms with van der Waals surface area (Å²) in [7, 11) is 0. The number of hydrogen-bond acceptors (Lipinski definition) is 5. The third-order valence-corrected chi connectivity index (χ3v) is 7.22. The fourth-order valence-corrected chi connectivity index (χ4v) is 5.27. The number of likely N-dealkylation sites (tertiary alicyclic amines) is 1. The summed E-state index contributed by atoms with van der Waals surface area (Å²) in [5, 5.41) is 2.35. The molecule has 1 aromatic heterocycles. The van der Waals surface area contributed by atoms with Gasteiger partial charge in [0.1, 0.15) is 6.04 Å². The highest BCUT2D eigenvalue weighted by molar-refractivity contribution is 6.05. The van der Waals surface area contributed by atoms with Gasteiger partial charge in [-0.1, -0.05) is 18.9 Å². The molecule has 2 atom stereocenters. The molecule has 4 heterocycles. The van der Waals surface area contributed by atoms with Crippen LogP contribution in [0.3, 0.4) is 0 Å². The molecular formula is C26H30N4O3. The lowest BCUT2D eigenvalue weighted by atomic mass is 10.0. The van der Waals surface area contributed by atoms with Crippen LogP contribution in [0.25, 0.3) is 11.3 Å². The van der Waals surface area contributed by atoms with Crippen molar-refractivity contribution in [2.75, 3.05) is 6.54 Å². The average molecular weight is 447 g/mol. The second-order valence-electron chi connectivity index (χ2n) is 9.49. The number of carbonyl (C=O) groups excluding carboxylic acids is 3. The first kappa shape index (κ1) is 21.8. The number of aromatic nitrogens is 1. The Bertz CT molecular complexity index is 1100. The van der Waals surface area contributed by atoms with Gasteiger partial charge < -0.3 is 4.90 Å². The van der Waals surface area contributed by atoms with Crippen LogP contribution in [0.15, 0.2) is 36.5 Å². The van der Waals surface area contributed by atoms with Gasteiger partial charge in [-0.05, 0) is 68.1 Å². The van der Waals surface area contributed by atoms with Crippen LogP contribution in [0.2, 0.25) is 0 Å². The molecule has 0 spiro atoms. The molecule has 5 rings (SSSR count). The first-order valence-corrected chi connectivity index (χ1v) is 12.0. The van der Waals surface area contributed by atoms with E-state index in [1.807, 2.05) is 24.4 Å². The van der Waals surface area contributed by atoms with Crippen LogP contribution in [0.4, 0.5) is 0 Å². The first-order valence-electron chi connectivity index (χ1n) is 12.0. The molecule has 0 aliphatic carbocycles. The molecule has 3 aliphatic heterocycles. The molecule has 1 N–H and O–H groups in total. The average Bonchev–Trinajstić information content (AvgIpc) is 2.99. The highest BCUT2D eigenvalue weighted by Crippen LogP contribution is 2.31. The smallest absolute Gasteiger partial charge is 0.255 e. The van der Waals surface area contributed by atoms with Crippen LogP contribution in [-0.2, 0) is 22.7 Å². The molecule has 2 aromatic rings. The summed E-state index contributed by atoms with van der Waals surface area (Å²) in [6.45, 7) is 4.75. The van der Waals surface area contributed by atoms with E-state index in [1.165, 1.54) is 31.2 Å². The van der Waals surface area contributed by atoms with E-state index in [0.29, 0.717) is 24.6 Å². The molecule has 0 saturated carbocycles. The molecule has 172 valence electrons. The Hall–Kier alpha value is -3.06. The van der Waals surface area contributed by atoms with Crippen molar-refractivity contribution in [1.82, 2.24) is 20.1 Å². The number of piperidine rings is 1. The van der Waals surface area contributed by atoms with Gasteiger partial charge in [0.05, 0.1) is 5.69 Å². The Balaban J connectivity index is 1.34. The van der Waals surface area contributed by atoms with E-state index in [9.17, 15) is 14.4 Å². The van der Waals surface area contributed by atoms with Crippen molar-refractivity contribution in [1.29, 1.82) is 0 Å². The monoisotopic (exact) mass is 446 g/mol. The van der Waals surface area contributed by atoms with Gasteiger partial charge in [0, 0.05) is 42.9 Å². The minimum Gasteiger partial charge on any atom is -0.322 e. The lowest BCUT2D eigenvalue weighted by molar-refractivity contribution is -0.136. The van der Waals surface area contributed by atoms with Gasteiger partial charge in [-0.15, -0.1) is 0 Å². The van der Waals surface area contributed by atoms with E-state index in [0.717, 1.165) is 29.9 Å². The van der Waals surface area contributed by atoms with Crippen molar-refractivity contribution >= 4 is 17.7 Å². The molecular weight excluding hydrogens is 416 g/mol. The highest BCUT2D eigenvalue weighted by Gasteiger charge is 2.39. The van der Waals surface area contributed by atoms with E-state index in [1.54, 1.807) is 4.90 Å². The zero-order valence-corrected chi connectivity index (χ0v) is 19.0. The number of nitrogens with zero attached hydrogens (tertiary/aromatic N) is 3. The third-order valence-electron chi connectivity index (χ3n) is 7.22. The van der Waals surface area contributed by atoms with Gasteiger partial charge in [0.25, 0.3) is 5.91 Å². The van der Waals surface area contributed by atoms with Crippen molar-refractivity contribution in [3.05, 3.63) is 53.2 Å². The summed E-state index contributed by atoms with van der Waals surface area (Å²) >= 11 is 0. The van der Waals surface area contributed by atoms with Crippen molar-refractivity contribution in [3.63, 3.8) is 0 Å². The largest absolute Gasteiger partial charge is 0.322 e. The summed E-state index contributed by atoms with van der Waals surface area (Å²) in [6, 6.07) is 10.0. The van der Waals surface area contributed by atoms with E-state index in [4.69, 9.17) is 0 Å². The third kappa shape index (κ3) is 4.42. The molecule has 2 fully saturated rings. The molecule has 3 aliphatic rings. The van der Waals surface area contributed by atoms with Crippen molar-refractivity contribution in [3.8, 4) is 11.3 Å². The molecule has 33 heavy (non-hydrogen) atoms. The minimum atomic E-state index is -0.594. The molecule has 3 amide bonds. The number of rotatable bonds is 4. The summed E-state index contributed by atoms with van der Waals surface area (Å²) in [6.07, 6.45) is 7.62. The number of nitrogens with one attached hydrogen (secondary N) is 1. The number of hydrogen-bond donors (Lipinski definition) is 1. The summed E-state index contributed by atoms with van der Waals surface area (Å²) < 4.78 is 0. The maximum absolute atomic E-state index is 12.9. The Morgan fingerprint density at radius 3 is 2.79 bits per heavy atom. The van der Waals surface area contributed by atoms with Crippen LogP contribution < -0.4 is 5.32 Å². The molecule has 2 saturated heterocycles. The summed E-state index contributed by atoms with van der Waals surface area (Å²) in [5.41, 5.74) is 4.63. The Kier molecular flexibility index (Phi) is 5.98. The zero-order valence-electron chi connectivity index (χ0n) is 19.0. The number of imide groups is 1. The molecule has 0 radical (unpaired) electrons. The lowest BCUT2D eigenvalue weighted by Gasteiger charge is -2.29. The standard InChI is InChI=1S/C26H30N4O3/c1-17-5-3-2-4-12-29(17)15-18-10-11-27-22(13-18)19-6-7-21-20(14-19)16-30(26(21)33)23-8-9-24(31)28-25(23)32/h6-7,10-11,13-14,17,23H,2-5,8-9,12,15-16H2,1H3,(H,28,31,32). The van der Waals surface area contributed by atoms with E-state index in [-0.39, 0.29) is 24.1 Å². The van der Waals surface area contributed by atoms with Gasteiger partial charge in [0.15, 0.2) is 0 Å². The van der Waals surface area contributed by atoms with Crippen LogP contribution in [-0.4, -0.2) is 51.1 Å². The number of carbonyl (C=O) groups is 3. The number of pyridine rings is 1. The predicted molar refractivity (Wildman–Crippen MR) is 124 cm³/mol. The maximum atomic E-state index is 12.9. The fraction of sp³-hybridized carbons (Fsp3) is 0.462. The number of benzene rings is 1. The van der Waals surface area contributed by atoms with Gasteiger partial charge in [-0.25, -0.2) is 0 Å². The second kappa shape index (κ2) is 9.06. The second-order valence-corrected chi connectivity index (χ2v) is 9.49. The van der Waals surface area contributed by atoms with Crippen LogP contribution in [0, 0.1) is 0 Å². The SMILES string of the molecule is CC1CCCCCN1Cc1ccnc(-c2ccc3c(c2)CN(C2CCC(=O)NC2=O)C3=O)c1. The molecule has 7 heteroatoms. The Labute approximate surface area is 194 Å². The van der Waals surface area contributed by atoms with Crippen LogP contribution in [0.1, 0.15) is 66.9 Å². The summed E-state index contributed by atoms with van der Waals surface area (Å²) in [4.78, 5) is 45.4. The highest BCUT2D eigenvalue weighted by atomic mass is 16.2. The van der Waals surface area contributed by atoms with E-state index in [2.05, 4.69) is 34.3 Å². The lowest BCUT2D eigenvalue weighted by Crippen LogP contribution is -2.52. The topological polar surface area (TPSA) is 82.6 Å². The minimum absolute atomic E-state index is 0.150. The number of fused-ring (bicyclic) bond motifs is 1. The molecule has 1 aromatic carbocycles. The fourth-order valence-electron chi connectivity index (χ4n) is 5.27. The van der Waals surface area contributed by atoms with Crippen molar-refractivity contribution in [2.24, 2.45) is 0 Å². The van der Waals surface area contributed by atoms with E-state index >= 15 is 0 Å².